The van der Waals surface area contributed by atoms with E-state index >= 15 is 0 Å². The molecule has 146 valence electrons. The molecule has 0 aromatic carbocycles. The van der Waals surface area contributed by atoms with E-state index < -0.39 is 11.7 Å². The fourth-order valence-electron chi connectivity index (χ4n) is 2.23. The van der Waals surface area contributed by atoms with Crippen LogP contribution in [0.2, 0.25) is 5.02 Å². The summed E-state index contributed by atoms with van der Waals surface area (Å²) in [5.74, 6) is 0.633. The first-order valence-corrected chi connectivity index (χ1v) is 8.33. The first-order valence-electron chi connectivity index (χ1n) is 7.95. The zero-order valence-corrected chi connectivity index (χ0v) is 17.2. The van der Waals surface area contributed by atoms with Crippen LogP contribution in [0.15, 0.2) is 29.4 Å². The van der Waals surface area contributed by atoms with Crippen molar-refractivity contribution in [2.75, 3.05) is 19.7 Å². The second kappa shape index (κ2) is 10.8. The zero-order chi connectivity index (χ0) is 18.3. The van der Waals surface area contributed by atoms with Crippen LogP contribution >= 0.6 is 35.6 Å². The van der Waals surface area contributed by atoms with Crippen molar-refractivity contribution in [2.24, 2.45) is 4.99 Å². The number of pyridine rings is 1. The fraction of sp³-hybridized carbons (Fsp3) is 0.500. The maximum atomic E-state index is 12.6. The molecular weight excluding hydrogens is 484 g/mol. The molecule has 0 fully saturated rings. The van der Waals surface area contributed by atoms with E-state index in [1.165, 1.54) is 0 Å². The van der Waals surface area contributed by atoms with Gasteiger partial charge in [-0.25, -0.2) is 9.98 Å². The molecule has 1 aliphatic rings. The lowest BCUT2D eigenvalue weighted by atomic mass is 10.2. The summed E-state index contributed by atoms with van der Waals surface area (Å²) in [6.07, 6.45) is 2.34. The number of nitrogens with one attached hydrogen (secondary N) is 2. The van der Waals surface area contributed by atoms with Crippen molar-refractivity contribution in [1.82, 2.24) is 15.6 Å². The van der Waals surface area contributed by atoms with Crippen molar-refractivity contribution in [1.29, 1.82) is 0 Å². The van der Waals surface area contributed by atoms with E-state index in [1.54, 1.807) is 0 Å². The summed E-state index contributed by atoms with van der Waals surface area (Å²) >= 11 is 5.79. The lowest BCUT2D eigenvalue weighted by molar-refractivity contribution is -0.137. The van der Waals surface area contributed by atoms with Gasteiger partial charge in [-0.05, 0) is 25.8 Å². The van der Waals surface area contributed by atoms with Crippen molar-refractivity contribution >= 4 is 41.5 Å². The van der Waals surface area contributed by atoms with Gasteiger partial charge in [0.05, 0.1) is 12.1 Å². The van der Waals surface area contributed by atoms with Crippen LogP contribution in [0.3, 0.4) is 0 Å². The Morgan fingerprint density at radius 2 is 2.08 bits per heavy atom. The van der Waals surface area contributed by atoms with Gasteiger partial charge in [-0.15, -0.1) is 24.0 Å². The van der Waals surface area contributed by atoms with E-state index in [-0.39, 0.29) is 41.5 Å². The molecule has 1 heterocycles. The molecular formula is C16H21ClF3IN4O. The lowest BCUT2D eigenvalue weighted by Crippen LogP contribution is -2.42. The smallest absolute Gasteiger partial charge is 0.417 e. The molecule has 1 aliphatic carbocycles. The third-order valence-electron chi connectivity index (χ3n) is 3.43. The van der Waals surface area contributed by atoms with Gasteiger partial charge in [0.1, 0.15) is 11.6 Å². The number of guanidine groups is 1. The Hall–Kier alpha value is -1.23. The molecule has 2 N–H and O–H groups in total. The zero-order valence-electron chi connectivity index (χ0n) is 14.1. The van der Waals surface area contributed by atoms with Crippen LogP contribution < -0.4 is 15.4 Å². The van der Waals surface area contributed by atoms with Crippen molar-refractivity contribution in [2.45, 2.75) is 32.0 Å². The van der Waals surface area contributed by atoms with E-state index in [0.29, 0.717) is 24.7 Å². The predicted octanol–water partition coefficient (Wildman–Crippen LogP) is 4.02. The molecule has 0 saturated heterocycles. The normalized spacial score (nSPS) is 14.9. The standard InChI is InChI=1S/C16H20ClF3N4O.HI/c1-2-21-15(24-12-5-3-4-6-12)22-7-8-25-14-13(17)9-11(10-23-14)16(18,19)20;/h3-4,9-10,12H,2,5-8H2,1H3,(H2,21,22,24);1H. The lowest BCUT2D eigenvalue weighted by Gasteiger charge is -2.16. The van der Waals surface area contributed by atoms with Gasteiger partial charge in [0.2, 0.25) is 5.88 Å². The van der Waals surface area contributed by atoms with Crippen molar-refractivity contribution in [3.63, 3.8) is 0 Å². The minimum atomic E-state index is -4.49. The minimum Gasteiger partial charge on any atom is -0.475 e. The molecule has 0 unspecified atom stereocenters. The maximum absolute atomic E-state index is 12.6. The molecule has 10 heteroatoms. The van der Waals surface area contributed by atoms with Gasteiger partial charge in [-0.3, -0.25) is 0 Å². The Morgan fingerprint density at radius 1 is 1.38 bits per heavy atom. The van der Waals surface area contributed by atoms with Crippen LogP contribution in [0.25, 0.3) is 0 Å². The summed E-state index contributed by atoms with van der Waals surface area (Å²) in [5, 5.41) is 6.26. The minimum absolute atomic E-state index is 0. The second-order valence-corrected chi connectivity index (χ2v) is 5.81. The van der Waals surface area contributed by atoms with E-state index in [2.05, 4.69) is 32.8 Å². The fourth-order valence-corrected chi connectivity index (χ4v) is 2.46. The topological polar surface area (TPSA) is 58.5 Å². The van der Waals surface area contributed by atoms with Crippen LogP contribution in [-0.2, 0) is 6.18 Å². The van der Waals surface area contributed by atoms with Gasteiger partial charge < -0.3 is 15.4 Å². The predicted molar refractivity (Wildman–Crippen MR) is 106 cm³/mol. The molecule has 1 aromatic rings. The van der Waals surface area contributed by atoms with Crippen molar-refractivity contribution in [3.8, 4) is 5.88 Å². The Morgan fingerprint density at radius 3 is 2.65 bits per heavy atom. The molecule has 0 bridgehead atoms. The van der Waals surface area contributed by atoms with Gasteiger partial charge in [-0.1, -0.05) is 23.8 Å². The molecule has 0 radical (unpaired) electrons. The highest BCUT2D eigenvalue weighted by Crippen LogP contribution is 2.32. The van der Waals surface area contributed by atoms with Crippen LogP contribution in [0.5, 0.6) is 5.88 Å². The molecule has 26 heavy (non-hydrogen) atoms. The van der Waals surface area contributed by atoms with E-state index in [1.807, 2.05) is 6.92 Å². The van der Waals surface area contributed by atoms with Crippen LogP contribution in [0.4, 0.5) is 13.2 Å². The number of rotatable bonds is 6. The van der Waals surface area contributed by atoms with Gasteiger partial charge in [-0.2, -0.15) is 13.2 Å². The monoisotopic (exact) mass is 504 g/mol. The SMILES string of the molecule is CCNC(=NCCOc1ncc(C(F)(F)F)cc1Cl)NC1CC=CC1.I. The largest absolute Gasteiger partial charge is 0.475 e. The molecule has 2 rings (SSSR count). The maximum Gasteiger partial charge on any atom is 0.417 e. The number of aliphatic imine (C=N–C) groups is 1. The average Bonchev–Trinajstić information content (AvgIpc) is 3.05. The summed E-state index contributed by atoms with van der Waals surface area (Å²) < 4.78 is 43.0. The van der Waals surface area contributed by atoms with Crippen LogP contribution in [0, 0.1) is 0 Å². The highest BCUT2D eigenvalue weighted by atomic mass is 127. The number of ether oxygens (including phenoxy) is 1. The van der Waals surface area contributed by atoms with E-state index in [9.17, 15) is 13.2 Å². The quantitative estimate of drug-likeness (QED) is 0.202. The summed E-state index contributed by atoms with van der Waals surface area (Å²) in [6.45, 7) is 3.15. The Balaban J connectivity index is 0.00000338. The average molecular weight is 505 g/mol. The molecule has 0 saturated carbocycles. The summed E-state index contributed by atoms with van der Waals surface area (Å²) in [7, 11) is 0. The van der Waals surface area contributed by atoms with Crippen LogP contribution in [0.1, 0.15) is 25.3 Å². The molecule has 0 atom stereocenters. The van der Waals surface area contributed by atoms with E-state index in [4.69, 9.17) is 16.3 Å². The first kappa shape index (κ1) is 22.8. The Labute approximate surface area is 172 Å². The second-order valence-electron chi connectivity index (χ2n) is 5.40. The summed E-state index contributed by atoms with van der Waals surface area (Å²) in [4.78, 5) is 7.99. The molecule has 1 aromatic heterocycles. The first-order chi connectivity index (χ1) is 11.9. The summed E-state index contributed by atoms with van der Waals surface area (Å²) in [5.41, 5.74) is -0.910. The number of alkyl halides is 3. The van der Waals surface area contributed by atoms with Gasteiger partial charge in [0, 0.05) is 18.8 Å². The summed E-state index contributed by atoms with van der Waals surface area (Å²) in [6, 6.07) is 1.12. The number of nitrogens with zero attached hydrogens (tertiary/aromatic N) is 2. The number of hydrogen-bond donors (Lipinski definition) is 2. The highest BCUT2D eigenvalue weighted by Gasteiger charge is 2.31. The number of halogens is 5. The highest BCUT2D eigenvalue weighted by molar-refractivity contribution is 14.0. The Kier molecular flexibility index (Phi) is 9.48. The van der Waals surface area contributed by atoms with Crippen molar-refractivity contribution in [3.05, 3.63) is 35.0 Å². The molecule has 0 aliphatic heterocycles. The molecule has 0 spiro atoms. The molecule has 0 amide bonds. The van der Waals surface area contributed by atoms with Crippen LogP contribution in [-0.4, -0.2) is 36.7 Å². The number of hydrogen-bond acceptors (Lipinski definition) is 3. The third-order valence-corrected chi connectivity index (χ3v) is 3.70. The molecule has 5 nitrogen and oxygen atoms in total. The van der Waals surface area contributed by atoms with Crippen molar-refractivity contribution < 1.29 is 17.9 Å². The third kappa shape index (κ3) is 7.18. The van der Waals surface area contributed by atoms with Gasteiger partial charge in [0.15, 0.2) is 5.96 Å². The van der Waals surface area contributed by atoms with Gasteiger partial charge >= 0.3 is 6.18 Å². The Bertz CT molecular complexity index is 632. The van der Waals surface area contributed by atoms with Gasteiger partial charge in [0.25, 0.3) is 0 Å². The number of aromatic nitrogens is 1. The van der Waals surface area contributed by atoms with E-state index in [0.717, 1.165) is 25.5 Å².